The van der Waals surface area contributed by atoms with Crippen molar-refractivity contribution in [2.75, 3.05) is 32.7 Å². The first-order chi connectivity index (χ1) is 10.9. The second-order valence-corrected chi connectivity index (χ2v) is 7.11. The van der Waals surface area contributed by atoms with Gasteiger partial charge in [-0.3, -0.25) is 14.8 Å². The van der Waals surface area contributed by atoms with Crippen LogP contribution in [-0.4, -0.2) is 60.8 Å². The first kappa shape index (κ1) is 14.4. The van der Waals surface area contributed by atoms with Crippen LogP contribution in [0.25, 0.3) is 0 Å². The van der Waals surface area contributed by atoms with E-state index in [1.807, 2.05) is 0 Å². The zero-order valence-electron chi connectivity index (χ0n) is 13.5. The van der Waals surface area contributed by atoms with Crippen LogP contribution in [0.3, 0.4) is 0 Å². The molecule has 1 aromatic carbocycles. The maximum Gasteiger partial charge on any atom is 0.0667 e. The van der Waals surface area contributed by atoms with Crippen LogP contribution in [0.5, 0.6) is 0 Å². The van der Waals surface area contributed by atoms with Crippen LogP contribution in [0.4, 0.5) is 0 Å². The molecule has 22 heavy (non-hydrogen) atoms. The van der Waals surface area contributed by atoms with Gasteiger partial charge in [0.15, 0.2) is 0 Å². The molecular weight excluding hydrogens is 270 g/mol. The molecule has 0 bridgehead atoms. The SMILES string of the molecule is C1=N[C@H](CN2CCN(C3CCCC3)CC2)Cc2ccccc21. The standard InChI is InChI=1S/C19H27N3/c1-2-6-17-14-20-18(13-16(17)5-1)15-21-9-11-22(12-10-21)19-7-3-4-8-19/h1-2,5-6,14,18-19H,3-4,7-13,15H2/t18-/m0/s1. The number of fused-ring (bicyclic) bond motifs is 1. The molecule has 0 amide bonds. The van der Waals surface area contributed by atoms with Crippen molar-refractivity contribution in [2.45, 2.75) is 44.2 Å². The Hall–Kier alpha value is -1.19. The zero-order chi connectivity index (χ0) is 14.8. The van der Waals surface area contributed by atoms with E-state index in [1.165, 1.54) is 63.0 Å². The lowest BCUT2D eigenvalue weighted by Gasteiger charge is -2.39. The predicted molar refractivity (Wildman–Crippen MR) is 91.8 cm³/mol. The van der Waals surface area contributed by atoms with Crippen molar-refractivity contribution in [2.24, 2.45) is 4.99 Å². The number of nitrogens with zero attached hydrogens (tertiary/aromatic N) is 3. The highest BCUT2D eigenvalue weighted by Crippen LogP contribution is 2.24. The largest absolute Gasteiger partial charge is 0.299 e. The van der Waals surface area contributed by atoms with Crippen LogP contribution in [0.1, 0.15) is 36.8 Å². The minimum atomic E-state index is 0.452. The molecule has 4 rings (SSSR count). The van der Waals surface area contributed by atoms with E-state index >= 15 is 0 Å². The van der Waals surface area contributed by atoms with Crippen LogP contribution in [0.15, 0.2) is 29.3 Å². The lowest BCUT2D eigenvalue weighted by atomic mass is 9.98. The Morgan fingerprint density at radius 1 is 1.00 bits per heavy atom. The molecule has 3 aliphatic rings. The molecule has 0 N–H and O–H groups in total. The van der Waals surface area contributed by atoms with E-state index in [2.05, 4.69) is 40.3 Å². The molecule has 0 radical (unpaired) electrons. The summed E-state index contributed by atoms with van der Waals surface area (Å²) in [6, 6.07) is 10.0. The summed E-state index contributed by atoms with van der Waals surface area (Å²) in [7, 11) is 0. The van der Waals surface area contributed by atoms with Crippen molar-refractivity contribution in [3.8, 4) is 0 Å². The predicted octanol–water partition coefficient (Wildman–Crippen LogP) is 2.59. The molecule has 1 atom stereocenters. The molecule has 1 aliphatic carbocycles. The molecule has 3 heteroatoms. The summed E-state index contributed by atoms with van der Waals surface area (Å²) < 4.78 is 0. The summed E-state index contributed by atoms with van der Waals surface area (Å²) in [6.07, 6.45) is 8.95. The Morgan fingerprint density at radius 2 is 1.77 bits per heavy atom. The van der Waals surface area contributed by atoms with Gasteiger partial charge in [-0.1, -0.05) is 37.1 Å². The molecule has 0 spiro atoms. The first-order valence-electron chi connectivity index (χ1n) is 8.96. The van der Waals surface area contributed by atoms with E-state index in [0.29, 0.717) is 6.04 Å². The minimum Gasteiger partial charge on any atom is -0.299 e. The van der Waals surface area contributed by atoms with Gasteiger partial charge in [0.2, 0.25) is 0 Å². The molecule has 0 aromatic heterocycles. The Balaban J connectivity index is 1.29. The van der Waals surface area contributed by atoms with Crippen molar-refractivity contribution in [3.63, 3.8) is 0 Å². The molecule has 3 nitrogen and oxygen atoms in total. The number of benzene rings is 1. The molecule has 2 fully saturated rings. The van der Waals surface area contributed by atoms with Crippen molar-refractivity contribution in [1.29, 1.82) is 0 Å². The zero-order valence-corrected chi connectivity index (χ0v) is 13.5. The Morgan fingerprint density at radius 3 is 2.59 bits per heavy atom. The second kappa shape index (κ2) is 6.51. The van der Waals surface area contributed by atoms with Gasteiger partial charge in [-0.25, -0.2) is 0 Å². The van der Waals surface area contributed by atoms with Gasteiger partial charge in [0.25, 0.3) is 0 Å². The van der Waals surface area contributed by atoms with Gasteiger partial charge in [0, 0.05) is 45.0 Å². The number of aliphatic imine (C=N–C) groups is 1. The summed E-state index contributed by atoms with van der Waals surface area (Å²) in [5, 5.41) is 0. The van der Waals surface area contributed by atoms with E-state index in [9.17, 15) is 0 Å². The van der Waals surface area contributed by atoms with Crippen molar-refractivity contribution < 1.29 is 0 Å². The first-order valence-corrected chi connectivity index (χ1v) is 8.96. The van der Waals surface area contributed by atoms with Crippen LogP contribution >= 0.6 is 0 Å². The third-order valence-corrected chi connectivity index (χ3v) is 5.65. The molecular formula is C19H27N3. The molecule has 2 aliphatic heterocycles. The van der Waals surface area contributed by atoms with E-state index in [-0.39, 0.29) is 0 Å². The monoisotopic (exact) mass is 297 g/mol. The number of piperazine rings is 1. The lowest BCUT2D eigenvalue weighted by Crippen LogP contribution is -2.51. The third kappa shape index (κ3) is 3.11. The fourth-order valence-corrected chi connectivity index (χ4v) is 4.33. The van der Waals surface area contributed by atoms with Crippen molar-refractivity contribution >= 4 is 6.21 Å². The fourth-order valence-electron chi connectivity index (χ4n) is 4.33. The average Bonchev–Trinajstić information content (AvgIpc) is 3.10. The minimum absolute atomic E-state index is 0.452. The highest BCUT2D eigenvalue weighted by molar-refractivity contribution is 5.83. The normalized spacial score (nSPS) is 27.2. The molecule has 2 heterocycles. The van der Waals surface area contributed by atoms with Crippen LogP contribution in [0.2, 0.25) is 0 Å². The van der Waals surface area contributed by atoms with E-state index in [4.69, 9.17) is 4.99 Å². The highest BCUT2D eigenvalue weighted by atomic mass is 15.3. The van der Waals surface area contributed by atoms with Crippen LogP contribution in [0, 0.1) is 0 Å². The average molecular weight is 297 g/mol. The number of rotatable bonds is 3. The van der Waals surface area contributed by atoms with E-state index < -0.39 is 0 Å². The Labute approximate surface area is 134 Å². The highest BCUT2D eigenvalue weighted by Gasteiger charge is 2.27. The van der Waals surface area contributed by atoms with E-state index in [0.717, 1.165) is 19.0 Å². The van der Waals surface area contributed by atoms with Crippen molar-refractivity contribution in [1.82, 2.24) is 9.80 Å². The summed E-state index contributed by atoms with van der Waals surface area (Å²) in [6.45, 7) is 6.10. The molecule has 1 saturated heterocycles. The van der Waals surface area contributed by atoms with Gasteiger partial charge in [0.1, 0.15) is 0 Å². The second-order valence-electron chi connectivity index (χ2n) is 7.11. The fraction of sp³-hybridized carbons (Fsp3) is 0.632. The van der Waals surface area contributed by atoms with Gasteiger partial charge in [-0.05, 0) is 30.4 Å². The molecule has 1 saturated carbocycles. The Kier molecular flexibility index (Phi) is 4.26. The third-order valence-electron chi connectivity index (χ3n) is 5.65. The summed E-state index contributed by atoms with van der Waals surface area (Å²) in [4.78, 5) is 10.1. The molecule has 1 aromatic rings. The van der Waals surface area contributed by atoms with Crippen molar-refractivity contribution in [3.05, 3.63) is 35.4 Å². The van der Waals surface area contributed by atoms with Gasteiger partial charge in [0.05, 0.1) is 6.04 Å². The number of hydrogen-bond acceptors (Lipinski definition) is 3. The summed E-state index contributed by atoms with van der Waals surface area (Å²) in [5.74, 6) is 0. The van der Waals surface area contributed by atoms with Crippen LogP contribution in [-0.2, 0) is 6.42 Å². The van der Waals surface area contributed by atoms with E-state index in [1.54, 1.807) is 0 Å². The van der Waals surface area contributed by atoms with Gasteiger partial charge >= 0.3 is 0 Å². The lowest BCUT2D eigenvalue weighted by molar-refractivity contribution is 0.0943. The molecule has 0 unspecified atom stereocenters. The van der Waals surface area contributed by atoms with Gasteiger partial charge in [-0.2, -0.15) is 0 Å². The quantitative estimate of drug-likeness (QED) is 0.854. The summed E-state index contributed by atoms with van der Waals surface area (Å²) >= 11 is 0. The maximum atomic E-state index is 4.78. The maximum absolute atomic E-state index is 4.78. The smallest absolute Gasteiger partial charge is 0.0667 e. The van der Waals surface area contributed by atoms with Crippen LogP contribution < -0.4 is 0 Å². The van der Waals surface area contributed by atoms with Gasteiger partial charge in [-0.15, -0.1) is 0 Å². The topological polar surface area (TPSA) is 18.8 Å². The summed E-state index contributed by atoms with van der Waals surface area (Å²) in [5.41, 5.74) is 2.77. The Bertz CT molecular complexity index is 525. The number of hydrogen-bond donors (Lipinski definition) is 0. The van der Waals surface area contributed by atoms with Gasteiger partial charge < -0.3 is 0 Å². The molecule has 118 valence electrons.